The van der Waals surface area contributed by atoms with Crippen LogP contribution in [0.5, 0.6) is 0 Å². The van der Waals surface area contributed by atoms with Gasteiger partial charge in [0.25, 0.3) is 0 Å². The summed E-state index contributed by atoms with van der Waals surface area (Å²) in [6, 6.07) is 0.0916. The molecule has 0 aromatic carbocycles. The van der Waals surface area contributed by atoms with E-state index in [1.54, 1.807) is 11.3 Å². The highest BCUT2D eigenvalue weighted by Crippen LogP contribution is 2.24. The minimum Gasteiger partial charge on any atom is -0.378 e. The second kappa shape index (κ2) is 5.43. The zero-order chi connectivity index (χ0) is 11.4. The number of morpholine rings is 1. The summed E-state index contributed by atoms with van der Waals surface area (Å²) in [5, 5.41) is 1.08. The molecule has 0 radical (unpaired) electrons. The van der Waals surface area contributed by atoms with Gasteiger partial charge in [-0.1, -0.05) is 17.4 Å². The van der Waals surface area contributed by atoms with Crippen LogP contribution in [0.4, 0.5) is 5.13 Å². The quantitative estimate of drug-likeness (QED) is 0.865. The Hall–Kier alpha value is -0.910. The van der Waals surface area contributed by atoms with E-state index in [2.05, 4.69) is 9.88 Å². The average molecular weight is 239 g/mol. The maximum Gasteiger partial charge on any atom is 0.185 e. The standard InChI is InChI=1S/C11H17N3OS/c1-9(12)2-3-10-8-13-11(16-10)14-4-6-15-7-5-14/h2-3,8-9H,4-7,12H2,1H3/b3-2+. The summed E-state index contributed by atoms with van der Waals surface area (Å²) in [5.74, 6) is 0. The van der Waals surface area contributed by atoms with Gasteiger partial charge in [-0.2, -0.15) is 0 Å². The predicted octanol–water partition coefficient (Wildman–Crippen LogP) is 1.34. The first-order valence-electron chi connectivity index (χ1n) is 5.48. The fourth-order valence-electron chi connectivity index (χ4n) is 1.50. The van der Waals surface area contributed by atoms with Gasteiger partial charge in [-0.15, -0.1) is 0 Å². The first-order valence-corrected chi connectivity index (χ1v) is 6.29. The van der Waals surface area contributed by atoms with Crippen molar-refractivity contribution in [1.82, 2.24) is 4.98 Å². The Morgan fingerprint density at radius 1 is 1.56 bits per heavy atom. The lowest BCUT2D eigenvalue weighted by molar-refractivity contribution is 0.122. The van der Waals surface area contributed by atoms with Crippen LogP contribution in [0.2, 0.25) is 0 Å². The highest BCUT2D eigenvalue weighted by atomic mass is 32.1. The van der Waals surface area contributed by atoms with Crippen molar-refractivity contribution < 1.29 is 4.74 Å². The smallest absolute Gasteiger partial charge is 0.185 e. The zero-order valence-corrected chi connectivity index (χ0v) is 10.2. The van der Waals surface area contributed by atoms with E-state index in [4.69, 9.17) is 10.5 Å². The van der Waals surface area contributed by atoms with Gasteiger partial charge in [-0.3, -0.25) is 0 Å². The minimum atomic E-state index is 0.0916. The third-order valence-corrected chi connectivity index (χ3v) is 3.38. The number of hydrogen-bond donors (Lipinski definition) is 1. The van der Waals surface area contributed by atoms with Crippen LogP contribution in [0.15, 0.2) is 12.3 Å². The minimum absolute atomic E-state index is 0.0916. The Balaban J connectivity index is 2.01. The van der Waals surface area contributed by atoms with E-state index in [1.165, 1.54) is 0 Å². The molecule has 1 aromatic heterocycles. The molecule has 0 bridgehead atoms. The third kappa shape index (κ3) is 3.04. The van der Waals surface area contributed by atoms with E-state index in [0.717, 1.165) is 36.3 Å². The van der Waals surface area contributed by atoms with E-state index in [1.807, 2.05) is 25.3 Å². The van der Waals surface area contributed by atoms with Crippen molar-refractivity contribution in [3.8, 4) is 0 Å². The highest BCUT2D eigenvalue weighted by molar-refractivity contribution is 7.16. The molecule has 16 heavy (non-hydrogen) atoms. The first-order chi connectivity index (χ1) is 7.75. The fraction of sp³-hybridized carbons (Fsp3) is 0.545. The molecule has 1 aliphatic heterocycles. The molecule has 1 unspecified atom stereocenters. The molecule has 1 aliphatic rings. The van der Waals surface area contributed by atoms with E-state index < -0.39 is 0 Å². The number of nitrogens with two attached hydrogens (primary N) is 1. The number of anilines is 1. The summed E-state index contributed by atoms with van der Waals surface area (Å²) in [7, 11) is 0. The second-order valence-corrected chi connectivity index (χ2v) is 4.90. The Labute approximate surface area is 99.7 Å². The van der Waals surface area contributed by atoms with Crippen LogP contribution < -0.4 is 10.6 Å². The van der Waals surface area contributed by atoms with Gasteiger partial charge in [-0.05, 0) is 13.0 Å². The Morgan fingerprint density at radius 3 is 3.00 bits per heavy atom. The van der Waals surface area contributed by atoms with E-state index in [9.17, 15) is 0 Å². The average Bonchev–Trinajstić information content (AvgIpc) is 2.76. The molecule has 88 valence electrons. The summed E-state index contributed by atoms with van der Waals surface area (Å²) in [6.45, 7) is 5.42. The van der Waals surface area contributed by atoms with Crippen molar-refractivity contribution in [3.63, 3.8) is 0 Å². The molecule has 1 aromatic rings. The van der Waals surface area contributed by atoms with Crippen LogP contribution in [0, 0.1) is 0 Å². The van der Waals surface area contributed by atoms with Gasteiger partial charge in [0.2, 0.25) is 0 Å². The highest BCUT2D eigenvalue weighted by Gasteiger charge is 2.13. The lowest BCUT2D eigenvalue weighted by atomic mass is 10.3. The van der Waals surface area contributed by atoms with Crippen LogP contribution in [0.3, 0.4) is 0 Å². The first kappa shape index (κ1) is 11.6. The summed E-state index contributed by atoms with van der Waals surface area (Å²) < 4.78 is 5.31. The molecule has 2 rings (SSSR count). The lowest BCUT2D eigenvalue weighted by Crippen LogP contribution is -2.36. The van der Waals surface area contributed by atoms with Crippen LogP contribution in [0.25, 0.3) is 6.08 Å². The molecule has 0 saturated carbocycles. The number of ether oxygens (including phenoxy) is 1. The molecule has 5 heteroatoms. The second-order valence-electron chi connectivity index (χ2n) is 3.86. The van der Waals surface area contributed by atoms with Gasteiger partial charge < -0.3 is 15.4 Å². The van der Waals surface area contributed by atoms with E-state index >= 15 is 0 Å². The molecule has 1 fully saturated rings. The number of rotatable bonds is 3. The molecule has 2 N–H and O–H groups in total. The molecule has 2 heterocycles. The SMILES string of the molecule is CC(N)/C=C/c1cnc(N2CCOCC2)s1. The Bertz CT molecular complexity index is 356. The molecule has 0 spiro atoms. The van der Waals surface area contributed by atoms with Gasteiger partial charge in [-0.25, -0.2) is 4.98 Å². The molecule has 1 saturated heterocycles. The van der Waals surface area contributed by atoms with E-state index in [-0.39, 0.29) is 6.04 Å². The zero-order valence-electron chi connectivity index (χ0n) is 9.43. The normalized spacial score (nSPS) is 19.2. The lowest BCUT2D eigenvalue weighted by Gasteiger charge is -2.25. The van der Waals surface area contributed by atoms with Crippen molar-refractivity contribution in [2.75, 3.05) is 31.2 Å². The van der Waals surface area contributed by atoms with Crippen molar-refractivity contribution >= 4 is 22.5 Å². The van der Waals surface area contributed by atoms with Gasteiger partial charge in [0, 0.05) is 30.2 Å². The van der Waals surface area contributed by atoms with Crippen LogP contribution in [0.1, 0.15) is 11.8 Å². The van der Waals surface area contributed by atoms with Gasteiger partial charge in [0.05, 0.1) is 13.2 Å². The van der Waals surface area contributed by atoms with Crippen molar-refractivity contribution in [2.45, 2.75) is 13.0 Å². The molecule has 0 amide bonds. The van der Waals surface area contributed by atoms with E-state index in [0.29, 0.717) is 0 Å². The summed E-state index contributed by atoms with van der Waals surface area (Å²) >= 11 is 1.70. The largest absolute Gasteiger partial charge is 0.378 e. The number of thiazole rings is 1. The molecular weight excluding hydrogens is 222 g/mol. The summed E-state index contributed by atoms with van der Waals surface area (Å²) in [5.41, 5.74) is 5.66. The number of nitrogens with zero attached hydrogens (tertiary/aromatic N) is 2. The topological polar surface area (TPSA) is 51.4 Å². The molecule has 1 atom stereocenters. The maximum atomic E-state index is 5.66. The number of aromatic nitrogens is 1. The fourth-order valence-corrected chi connectivity index (χ4v) is 2.38. The Morgan fingerprint density at radius 2 is 2.31 bits per heavy atom. The number of hydrogen-bond acceptors (Lipinski definition) is 5. The molecule has 4 nitrogen and oxygen atoms in total. The van der Waals surface area contributed by atoms with Crippen LogP contribution in [-0.4, -0.2) is 37.3 Å². The van der Waals surface area contributed by atoms with Crippen LogP contribution in [-0.2, 0) is 4.74 Å². The van der Waals surface area contributed by atoms with Crippen LogP contribution >= 0.6 is 11.3 Å². The maximum absolute atomic E-state index is 5.66. The van der Waals surface area contributed by atoms with Crippen molar-refractivity contribution in [1.29, 1.82) is 0 Å². The summed E-state index contributed by atoms with van der Waals surface area (Å²) in [4.78, 5) is 7.83. The Kier molecular flexibility index (Phi) is 3.93. The van der Waals surface area contributed by atoms with Gasteiger partial charge in [0.15, 0.2) is 5.13 Å². The van der Waals surface area contributed by atoms with Crippen molar-refractivity contribution in [2.24, 2.45) is 5.73 Å². The molecule has 0 aliphatic carbocycles. The van der Waals surface area contributed by atoms with Gasteiger partial charge in [0.1, 0.15) is 0 Å². The summed E-state index contributed by atoms with van der Waals surface area (Å²) in [6.07, 6.45) is 5.91. The third-order valence-electron chi connectivity index (χ3n) is 2.36. The monoisotopic (exact) mass is 239 g/mol. The molecular formula is C11H17N3OS. The van der Waals surface area contributed by atoms with Gasteiger partial charge >= 0.3 is 0 Å². The predicted molar refractivity (Wildman–Crippen MR) is 67.8 cm³/mol. The van der Waals surface area contributed by atoms with Crippen molar-refractivity contribution in [3.05, 3.63) is 17.2 Å².